The minimum Gasteiger partial charge on any atom is -0.354 e. The highest BCUT2D eigenvalue weighted by Crippen LogP contribution is 2.39. The summed E-state index contributed by atoms with van der Waals surface area (Å²) >= 11 is 0. The summed E-state index contributed by atoms with van der Waals surface area (Å²) in [5, 5.41) is 4.02. The smallest absolute Gasteiger partial charge is 0.299 e. The summed E-state index contributed by atoms with van der Waals surface area (Å²) in [5.74, 6) is 11.3. The first kappa shape index (κ1) is 19.4. The van der Waals surface area contributed by atoms with Crippen LogP contribution in [0.15, 0.2) is 41.5 Å². The zero-order valence-electron chi connectivity index (χ0n) is 15.7. The number of hydrazone groups is 1. The Labute approximate surface area is 170 Å². The van der Waals surface area contributed by atoms with Crippen molar-refractivity contribution in [2.45, 2.75) is 12.5 Å². The van der Waals surface area contributed by atoms with Crippen LogP contribution in [0.2, 0.25) is 0 Å². The number of H-pyrrole nitrogens is 1. The van der Waals surface area contributed by atoms with E-state index in [0.717, 1.165) is 17.2 Å². The molecule has 0 saturated heterocycles. The number of halogens is 2. The van der Waals surface area contributed by atoms with Crippen molar-refractivity contribution >= 4 is 22.6 Å². The maximum absolute atomic E-state index is 14.4. The third kappa shape index (κ3) is 3.03. The molecular weight excluding hydrogens is 390 g/mol. The third-order valence-corrected chi connectivity index (χ3v) is 5.30. The number of amidine groups is 1. The van der Waals surface area contributed by atoms with Crippen molar-refractivity contribution in [3.05, 3.63) is 70.4 Å². The number of hydrazine groups is 1. The van der Waals surface area contributed by atoms with Crippen molar-refractivity contribution in [3.63, 3.8) is 0 Å². The van der Waals surface area contributed by atoms with Gasteiger partial charge < -0.3 is 21.2 Å². The fraction of sp³-hybridized carbons (Fsp3) is 0.143. The lowest BCUT2D eigenvalue weighted by Crippen LogP contribution is -2.40. The summed E-state index contributed by atoms with van der Waals surface area (Å²) in [6.07, 6.45) is 5.79. The molecule has 7 nitrogen and oxygen atoms in total. The average Bonchev–Trinajstić information content (AvgIpc) is 3.13. The number of hydrogen-bond donors (Lipinski definition) is 4. The standard InChI is InChI=1S/C21H18F2N6O/c1-2-17(30)29-8-7-14-15-9-13(22)10-16(23)18(15)26-19(14)20(29)11-3-5-12(6-4-11)21(27-24)28-25/h1,3-6,9-10,20,26H,7-8,24-25H2,(H,27,28). The molecule has 0 aliphatic carbocycles. The molecule has 3 aromatic rings. The van der Waals surface area contributed by atoms with Crippen LogP contribution in [0.1, 0.15) is 28.4 Å². The highest BCUT2D eigenvalue weighted by Gasteiger charge is 2.34. The summed E-state index contributed by atoms with van der Waals surface area (Å²) in [5.41, 5.74) is 5.31. The van der Waals surface area contributed by atoms with Crippen LogP contribution in [0.3, 0.4) is 0 Å². The number of benzene rings is 2. The largest absolute Gasteiger partial charge is 0.354 e. The van der Waals surface area contributed by atoms with Gasteiger partial charge in [0.15, 0.2) is 5.84 Å². The van der Waals surface area contributed by atoms with E-state index in [-0.39, 0.29) is 11.4 Å². The number of aromatic amines is 1. The molecular formula is C21H18F2N6O. The fourth-order valence-electron chi connectivity index (χ4n) is 3.98. The Hall–Kier alpha value is -3.90. The molecule has 1 aliphatic rings. The van der Waals surface area contributed by atoms with E-state index in [0.29, 0.717) is 29.6 Å². The molecule has 1 aliphatic heterocycles. The Morgan fingerprint density at radius 2 is 2.03 bits per heavy atom. The molecule has 2 aromatic carbocycles. The van der Waals surface area contributed by atoms with E-state index in [4.69, 9.17) is 18.1 Å². The van der Waals surface area contributed by atoms with Gasteiger partial charge in [-0.1, -0.05) is 24.3 Å². The number of nitrogens with zero attached hydrogens (tertiary/aromatic N) is 2. The molecule has 0 spiro atoms. The van der Waals surface area contributed by atoms with Gasteiger partial charge in [0.25, 0.3) is 5.91 Å². The molecule has 30 heavy (non-hydrogen) atoms. The maximum Gasteiger partial charge on any atom is 0.299 e. The van der Waals surface area contributed by atoms with E-state index >= 15 is 0 Å². The Kier molecular flexibility index (Phi) is 4.85. The molecule has 0 fully saturated rings. The Bertz CT molecular complexity index is 1210. The Morgan fingerprint density at radius 3 is 2.67 bits per heavy atom. The number of nitrogens with two attached hydrogens (primary N) is 2. The first-order chi connectivity index (χ1) is 14.5. The summed E-state index contributed by atoms with van der Waals surface area (Å²) < 4.78 is 28.2. The van der Waals surface area contributed by atoms with Crippen molar-refractivity contribution in [2.75, 3.05) is 6.54 Å². The number of fused-ring (bicyclic) bond motifs is 3. The van der Waals surface area contributed by atoms with E-state index in [1.54, 1.807) is 24.3 Å². The molecule has 0 radical (unpaired) electrons. The second-order valence-corrected chi connectivity index (χ2v) is 6.87. The van der Waals surface area contributed by atoms with Gasteiger partial charge in [-0.3, -0.25) is 4.79 Å². The van der Waals surface area contributed by atoms with Gasteiger partial charge >= 0.3 is 0 Å². The highest BCUT2D eigenvalue weighted by molar-refractivity contribution is 5.98. The van der Waals surface area contributed by atoms with E-state index in [9.17, 15) is 13.6 Å². The van der Waals surface area contributed by atoms with E-state index in [2.05, 4.69) is 21.4 Å². The van der Waals surface area contributed by atoms with Crippen LogP contribution < -0.4 is 17.1 Å². The summed E-state index contributed by atoms with van der Waals surface area (Å²) in [6, 6.07) is 8.54. The third-order valence-electron chi connectivity index (χ3n) is 5.30. The molecule has 2 heterocycles. The normalized spacial score (nSPS) is 16.3. The molecule has 0 saturated carbocycles. The summed E-state index contributed by atoms with van der Waals surface area (Å²) in [7, 11) is 0. The van der Waals surface area contributed by atoms with Crippen molar-refractivity contribution in [3.8, 4) is 12.3 Å². The van der Waals surface area contributed by atoms with Crippen LogP contribution in [0, 0.1) is 24.0 Å². The van der Waals surface area contributed by atoms with Crippen LogP contribution in [-0.2, 0) is 11.2 Å². The predicted octanol–water partition coefficient (Wildman–Crippen LogP) is 1.64. The van der Waals surface area contributed by atoms with Crippen LogP contribution in [-0.4, -0.2) is 28.2 Å². The number of amides is 1. The van der Waals surface area contributed by atoms with Gasteiger partial charge in [-0.05, 0) is 29.5 Å². The molecule has 9 heteroatoms. The molecule has 4 rings (SSSR count). The average molecular weight is 408 g/mol. The molecule has 0 bridgehead atoms. The first-order valence-electron chi connectivity index (χ1n) is 9.10. The zero-order chi connectivity index (χ0) is 21.4. The van der Waals surface area contributed by atoms with Crippen LogP contribution in [0.5, 0.6) is 0 Å². The zero-order valence-corrected chi connectivity index (χ0v) is 15.7. The summed E-state index contributed by atoms with van der Waals surface area (Å²) in [4.78, 5) is 17.0. The van der Waals surface area contributed by atoms with Crippen molar-refractivity contribution < 1.29 is 13.6 Å². The van der Waals surface area contributed by atoms with Gasteiger partial charge in [0.1, 0.15) is 11.6 Å². The number of hydrogen-bond acceptors (Lipinski definition) is 4. The van der Waals surface area contributed by atoms with Crippen LogP contribution in [0.25, 0.3) is 10.9 Å². The number of carbonyl (C=O) groups is 1. The van der Waals surface area contributed by atoms with E-state index in [1.807, 2.05) is 0 Å². The van der Waals surface area contributed by atoms with Crippen LogP contribution >= 0.6 is 0 Å². The first-order valence-corrected chi connectivity index (χ1v) is 9.10. The topological polar surface area (TPSA) is 113 Å². The second-order valence-electron chi connectivity index (χ2n) is 6.87. The monoisotopic (exact) mass is 408 g/mol. The Balaban J connectivity index is 1.88. The lowest BCUT2D eigenvalue weighted by atomic mass is 9.91. The molecule has 1 unspecified atom stereocenters. The predicted molar refractivity (Wildman–Crippen MR) is 109 cm³/mol. The number of carbonyl (C=O) groups excluding carboxylic acids is 1. The lowest BCUT2D eigenvalue weighted by molar-refractivity contribution is -0.127. The molecule has 1 amide bonds. The lowest BCUT2D eigenvalue weighted by Gasteiger charge is -2.35. The number of terminal acetylenes is 1. The van der Waals surface area contributed by atoms with Crippen molar-refractivity contribution in [1.82, 2.24) is 15.3 Å². The second kappa shape index (κ2) is 7.50. The number of rotatable bonds is 2. The minimum absolute atomic E-state index is 0.197. The highest BCUT2D eigenvalue weighted by atomic mass is 19.1. The van der Waals surface area contributed by atoms with Gasteiger partial charge in [-0.15, -0.1) is 6.42 Å². The number of nitrogens with one attached hydrogen (secondary N) is 2. The maximum atomic E-state index is 14.4. The van der Waals surface area contributed by atoms with E-state index in [1.165, 1.54) is 11.0 Å². The molecule has 6 N–H and O–H groups in total. The molecule has 152 valence electrons. The Morgan fingerprint density at radius 1 is 1.30 bits per heavy atom. The van der Waals surface area contributed by atoms with E-state index < -0.39 is 23.6 Å². The van der Waals surface area contributed by atoms with Gasteiger partial charge in [-0.25, -0.2) is 14.6 Å². The van der Waals surface area contributed by atoms with Gasteiger partial charge in [0.2, 0.25) is 0 Å². The quantitative estimate of drug-likeness (QED) is 0.170. The minimum atomic E-state index is -0.693. The fourth-order valence-corrected chi connectivity index (χ4v) is 3.98. The molecule has 1 atom stereocenters. The summed E-state index contributed by atoms with van der Waals surface area (Å²) in [6.45, 7) is 0.313. The van der Waals surface area contributed by atoms with Crippen molar-refractivity contribution in [1.29, 1.82) is 0 Å². The number of aromatic nitrogens is 1. The molecule has 1 aromatic heterocycles. The van der Waals surface area contributed by atoms with Gasteiger partial charge in [-0.2, -0.15) is 5.10 Å². The van der Waals surface area contributed by atoms with Crippen molar-refractivity contribution in [2.24, 2.45) is 16.8 Å². The van der Waals surface area contributed by atoms with Gasteiger partial charge in [0.05, 0.1) is 11.6 Å². The van der Waals surface area contributed by atoms with Gasteiger partial charge in [0, 0.05) is 29.3 Å². The SMILES string of the molecule is C#CC(=O)N1CCc2c([nH]c3c(F)cc(F)cc23)C1c1ccc(/C(=N/N)NN)cc1. The van der Waals surface area contributed by atoms with Crippen LogP contribution in [0.4, 0.5) is 8.78 Å².